The molecule has 264 valence electrons. The highest BCUT2D eigenvalue weighted by Gasteiger charge is 2.38. The molecule has 0 aliphatic carbocycles. The Kier molecular flexibility index (Phi) is 12.4. The van der Waals surface area contributed by atoms with Crippen molar-refractivity contribution in [1.29, 1.82) is 0 Å². The number of hydrogen-bond donors (Lipinski definition) is 4. The summed E-state index contributed by atoms with van der Waals surface area (Å²) in [7, 11) is 0. The smallest absolute Gasteiger partial charge is 0.255 e. The standard InChI is InChI=1S/C38H45N5O7/c1-25-15-16-32(26(2)22-25)50-21-18-40-37(47)30-24-34(44)43-19-8-13-31(43)38(48)42-29(23-27-10-4-3-5-11-27)36(46)39-17-9-20-49-33-14-7-6-12-28(33)35(45)41-30/h3-7,10-12,14-16,22,29-31H,8-9,13,17-21,23-24H2,1-2H3,(H,39,46)(H,40,47)(H,41,45)(H,42,48)/t29-,30-,31-/m0/s1. The van der Waals surface area contributed by atoms with Crippen molar-refractivity contribution in [1.82, 2.24) is 26.2 Å². The second-order valence-electron chi connectivity index (χ2n) is 12.6. The summed E-state index contributed by atoms with van der Waals surface area (Å²) in [6.07, 6.45) is 1.30. The minimum Gasteiger partial charge on any atom is -0.493 e. The van der Waals surface area contributed by atoms with E-state index in [0.29, 0.717) is 37.3 Å². The van der Waals surface area contributed by atoms with E-state index >= 15 is 0 Å². The molecule has 50 heavy (non-hydrogen) atoms. The summed E-state index contributed by atoms with van der Waals surface area (Å²) in [6, 6.07) is 18.9. The zero-order valence-electron chi connectivity index (χ0n) is 28.5. The normalized spacial score (nSPS) is 20.5. The summed E-state index contributed by atoms with van der Waals surface area (Å²) < 4.78 is 11.8. The van der Waals surface area contributed by atoms with Gasteiger partial charge in [0.15, 0.2) is 0 Å². The lowest BCUT2D eigenvalue weighted by molar-refractivity contribution is -0.140. The van der Waals surface area contributed by atoms with Crippen LogP contribution in [0.4, 0.5) is 0 Å². The fourth-order valence-electron chi connectivity index (χ4n) is 6.19. The molecule has 2 aliphatic rings. The highest BCUT2D eigenvalue weighted by atomic mass is 16.5. The van der Waals surface area contributed by atoms with Gasteiger partial charge in [0.25, 0.3) is 5.91 Å². The second kappa shape index (κ2) is 17.3. The number of fused-ring (bicyclic) bond motifs is 2. The van der Waals surface area contributed by atoms with Crippen LogP contribution in [-0.4, -0.2) is 85.4 Å². The zero-order chi connectivity index (χ0) is 35.5. The van der Waals surface area contributed by atoms with Crippen molar-refractivity contribution in [3.8, 4) is 11.5 Å². The molecule has 1 fully saturated rings. The van der Waals surface area contributed by atoms with E-state index in [-0.39, 0.29) is 50.6 Å². The van der Waals surface area contributed by atoms with Gasteiger partial charge >= 0.3 is 0 Å². The summed E-state index contributed by atoms with van der Waals surface area (Å²) in [6.45, 7) is 5.01. The summed E-state index contributed by atoms with van der Waals surface area (Å²) in [5.74, 6) is -1.42. The molecule has 5 amide bonds. The molecule has 3 aromatic carbocycles. The van der Waals surface area contributed by atoms with Crippen LogP contribution < -0.4 is 30.7 Å². The van der Waals surface area contributed by atoms with Crippen LogP contribution >= 0.6 is 0 Å². The summed E-state index contributed by atoms with van der Waals surface area (Å²) in [4.78, 5) is 69.3. The Hall–Kier alpha value is -5.39. The summed E-state index contributed by atoms with van der Waals surface area (Å²) >= 11 is 0. The molecule has 0 radical (unpaired) electrons. The van der Waals surface area contributed by atoms with Crippen LogP contribution in [0.2, 0.25) is 0 Å². The highest BCUT2D eigenvalue weighted by molar-refractivity contribution is 6.01. The van der Waals surface area contributed by atoms with Crippen LogP contribution in [0.25, 0.3) is 0 Å². The largest absolute Gasteiger partial charge is 0.493 e. The first-order valence-electron chi connectivity index (χ1n) is 17.1. The number of ether oxygens (including phenoxy) is 2. The molecule has 2 heterocycles. The first-order valence-corrected chi connectivity index (χ1v) is 17.1. The molecule has 0 spiro atoms. The van der Waals surface area contributed by atoms with Gasteiger partial charge in [0.1, 0.15) is 36.2 Å². The molecule has 12 heteroatoms. The topological polar surface area (TPSA) is 155 Å². The lowest BCUT2D eigenvalue weighted by atomic mass is 10.0. The maximum absolute atomic E-state index is 13.8. The van der Waals surface area contributed by atoms with Crippen molar-refractivity contribution in [2.45, 2.75) is 64.1 Å². The van der Waals surface area contributed by atoms with Crippen LogP contribution in [0.5, 0.6) is 11.5 Å². The van der Waals surface area contributed by atoms with Crippen molar-refractivity contribution >= 4 is 29.5 Å². The number of nitrogens with zero attached hydrogens (tertiary/aromatic N) is 1. The molecule has 0 unspecified atom stereocenters. The fraction of sp³-hybridized carbons (Fsp3) is 0.395. The summed E-state index contributed by atoms with van der Waals surface area (Å²) in [5, 5.41) is 11.3. The molecule has 0 saturated carbocycles. The van der Waals surface area contributed by atoms with Gasteiger partial charge in [-0.05, 0) is 62.4 Å². The Labute approximate surface area is 292 Å². The SMILES string of the molecule is Cc1ccc(OCCNC(=O)[C@@H]2CC(=O)N3CCC[C@H]3C(=O)N[C@@H](Cc3ccccc3)C(=O)NCCCOc3ccccc3C(=O)N2)c(C)c1. The number of rotatable bonds is 7. The van der Waals surface area contributed by atoms with Crippen molar-refractivity contribution < 1.29 is 33.4 Å². The second-order valence-corrected chi connectivity index (χ2v) is 12.6. The minimum atomic E-state index is -1.25. The van der Waals surface area contributed by atoms with Gasteiger partial charge < -0.3 is 35.6 Å². The molecular formula is C38H45N5O7. The van der Waals surface area contributed by atoms with Crippen LogP contribution in [0.3, 0.4) is 0 Å². The van der Waals surface area contributed by atoms with Gasteiger partial charge in [0.05, 0.1) is 25.1 Å². The van der Waals surface area contributed by atoms with E-state index in [0.717, 1.165) is 16.7 Å². The maximum Gasteiger partial charge on any atom is 0.255 e. The van der Waals surface area contributed by atoms with Crippen LogP contribution in [-0.2, 0) is 25.6 Å². The van der Waals surface area contributed by atoms with E-state index < -0.39 is 41.8 Å². The molecule has 0 aromatic heterocycles. The molecule has 5 rings (SSSR count). The van der Waals surface area contributed by atoms with E-state index in [1.807, 2.05) is 62.4 Å². The maximum atomic E-state index is 13.8. The molecule has 2 aliphatic heterocycles. The summed E-state index contributed by atoms with van der Waals surface area (Å²) in [5.41, 5.74) is 3.15. The van der Waals surface area contributed by atoms with Gasteiger partial charge in [-0.15, -0.1) is 0 Å². The van der Waals surface area contributed by atoms with Gasteiger partial charge in [0, 0.05) is 19.5 Å². The molecule has 0 bridgehead atoms. The number of para-hydroxylation sites is 1. The Balaban J connectivity index is 1.35. The lowest BCUT2D eigenvalue weighted by Crippen LogP contribution is -2.55. The van der Waals surface area contributed by atoms with Crippen molar-refractivity contribution in [3.63, 3.8) is 0 Å². The van der Waals surface area contributed by atoms with Gasteiger partial charge in [0.2, 0.25) is 23.6 Å². The molecular weight excluding hydrogens is 638 g/mol. The van der Waals surface area contributed by atoms with E-state index in [4.69, 9.17) is 9.47 Å². The molecule has 3 aromatic rings. The van der Waals surface area contributed by atoms with Crippen LogP contribution in [0, 0.1) is 13.8 Å². The van der Waals surface area contributed by atoms with Crippen LogP contribution in [0.15, 0.2) is 72.8 Å². The Morgan fingerprint density at radius 2 is 1.72 bits per heavy atom. The molecule has 12 nitrogen and oxygen atoms in total. The van der Waals surface area contributed by atoms with Crippen molar-refractivity contribution in [3.05, 3.63) is 95.1 Å². The molecule has 3 atom stereocenters. The quantitative estimate of drug-likeness (QED) is 0.279. The van der Waals surface area contributed by atoms with Gasteiger partial charge in [-0.1, -0.05) is 60.2 Å². The predicted octanol–water partition coefficient (Wildman–Crippen LogP) is 2.60. The monoisotopic (exact) mass is 683 g/mol. The van der Waals surface area contributed by atoms with Crippen molar-refractivity contribution in [2.24, 2.45) is 0 Å². The fourth-order valence-corrected chi connectivity index (χ4v) is 6.19. The average Bonchev–Trinajstić information content (AvgIpc) is 3.61. The first-order chi connectivity index (χ1) is 24.2. The Bertz CT molecular complexity index is 1680. The Morgan fingerprint density at radius 1 is 0.940 bits per heavy atom. The Morgan fingerprint density at radius 3 is 2.52 bits per heavy atom. The number of hydrogen-bond acceptors (Lipinski definition) is 7. The number of amides is 5. The third kappa shape index (κ3) is 9.61. The lowest BCUT2D eigenvalue weighted by Gasteiger charge is -2.28. The minimum absolute atomic E-state index is 0.131. The van der Waals surface area contributed by atoms with Crippen LogP contribution in [0.1, 0.15) is 52.7 Å². The first kappa shape index (κ1) is 35.9. The number of carbonyl (C=O) groups is 5. The van der Waals surface area contributed by atoms with Gasteiger partial charge in [-0.2, -0.15) is 0 Å². The molecule has 4 N–H and O–H groups in total. The third-order valence-electron chi connectivity index (χ3n) is 8.79. The van der Waals surface area contributed by atoms with E-state index in [1.165, 1.54) is 4.90 Å². The van der Waals surface area contributed by atoms with E-state index in [1.54, 1.807) is 24.3 Å². The van der Waals surface area contributed by atoms with Gasteiger partial charge in [-0.25, -0.2) is 0 Å². The zero-order valence-corrected chi connectivity index (χ0v) is 28.5. The highest BCUT2D eigenvalue weighted by Crippen LogP contribution is 2.22. The third-order valence-corrected chi connectivity index (χ3v) is 8.79. The van der Waals surface area contributed by atoms with Gasteiger partial charge in [-0.3, -0.25) is 24.0 Å². The average molecular weight is 684 g/mol. The number of aryl methyl sites for hydroxylation is 2. The van der Waals surface area contributed by atoms with Crippen molar-refractivity contribution in [2.75, 3.05) is 32.8 Å². The predicted molar refractivity (Wildman–Crippen MR) is 187 cm³/mol. The van der Waals surface area contributed by atoms with E-state index in [2.05, 4.69) is 21.3 Å². The van der Waals surface area contributed by atoms with E-state index in [9.17, 15) is 24.0 Å². The number of benzene rings is 3. The number of carbonyl (C=O) groups excluding carboxylic acids is 5. The number of nitrogens with one attached hydrogen (secondary N) is 4. The molecule has 1 saturated heterocycles.